The van der Waals surface area contributed by atoms with Crippen molar-refractivity contribution in [1.82, 2.24) is 0 Å². The van der Waals surface area contributed by atoms with Gasteiger partial charge in [-0.2, -0.15) is 0 Å². The minimum Gasteiger partial charge on any atom is -0.497 e. The lowest BCUT2D eigenvalue weighted by atomic mass is 9.68. The number of methoxy groups -OCH3 is 1. The van der Waals surface area contributed by atoms with Crippen LogP contribution in [0, 0.1) is 0 Å². The predicted molar refractivity (Wildman–Crippen MR) is 111 cm³/mol. The Hall–Kier alpha value is -2.84. The summed E-state index contributed by atoms with van der Waals surface area (Å²) in [6.07, 6.45) is 4.63. The summed E-state index contributed by atoms with van der Waals surface area (Å²) < 4.78 is 5.34. The largest absolute Gasteiger partial charge is 0.497 e. The lowest BCUT2D eigenvalue weighted by Crippen LogP contribution is -2.39. The molecule has 136 valence electrons. The Morgan fingerprint density at radius 2 is 1.15 bits per heavy atom. The van der Waals surface area contributed by atoms with E-state index in [1.165, 1.54) is 16.7 Å². The highest BCUT2D eigenvalue weighted by atomic mass is 16.5. The minimum atomic E-state index is -0.00370. The van der Waals surface area contributed by atoms with Gasteiger partial charge in [0.15, 0.2) is 0 Å². The van der Waals surface area contributed by atoms with Crippen LogP contribution in [0.4, 0.5) is 0 Å². The van der Waals surface area contributed by atoms with Gasteiger partial charge < -0.3 is 10.5 Å². The molecule has 0 aliphatic heterocycles. The second-order valence-electron chi connectivity index (χ2n) is 7.13. The minimum absolute atomic E-state index is 0.00370. The molecule has 1 aliphatic rings. The molecule has 0 unspecified atom stereocenters. The summed E-state index contributed by atoms with van der Waals surface area (Å²) >= 11 is 0. The third kappa shape index (κ3) is 3.54. The van der Waals surface area contributed by atoms with E-state index >= 15 is 0 Å². The normalized spacial score (nSPS) is 24.5. The van der Waals surface area contributed by atoms with Crippen LogP contribution < -0.4 is 10.5 Å². The highest BCUT2D eigenvalue weighted by Crippen LogP contribution is 2.45. The molecule has 0 heterocycles. The van der Waals surface area contributed by atoms with Crippen LogP contribution in [0.1, 0.15) is 34.4 Å². The average Bonchev–Trinajstić information content (AvgIpc) is 2.75. The molecule has 0 amide bonds. The number of rotatable bonds is 4. The van der Waals surface area contributed by atoms with Crippen molar-refractivity contribution >= 4 is 0 Å². The van der Waals surface area contributed by atoms with Gasteiger partial charge in [0.1, 0.15) is 5.75 Å². The van der Waals surface area contributed by atoms with Crippen LogP contribution in [-0.2, 0) is 0 Å². The van der Waals surface area contributed by atoms with Gasteiger partial charge in [0.25, 0.3) is 0 Å². The van der Waals surface area contributed by atoms with Crippen LogP contribution in [0.5, 0.6) is 5.75 Å². The SMILES string of the molecule is COc1ccc([C@H]2[C@H](N)[C@@H](c3ccccc3)C=C[C@H]2c2ccccc2)cc1. The molecule has 0 spiro atoms. The summed E-state index contributed by atoms with van der Waals surface area (Å²) in [6.45, 7) is 0. The molecule has 2 nitrogen and oxygen atoms in total. The van der Waals surface area contributed by atoms with Crippen LogP contribution in [0.25, 0.3) is 0 Å². The van der Waals surface area contributed by atoms with E-state index in [2.05, 4.69) is 84.9 Å². The molecule has 0 radical (unpaired) electrons. The van der Waals surface area contributed by atoms with E-state index in [1.807, 2.05) is 12.1 Å². The average molecular weight is 355 g/mol. The van der Waals surface area contributed by atoms with Crippen molar-refractivity contribution < 1.29 is 4.74 Å². The Kier molecular flexibility index (Phi) is 5.08. The fourth-order valence-corrected chi connectivity index (χ4v) is 4.21. The third-order valence-corrected chi connectivity index (χ3v) is 5.61. The molecule has 0 aromatic heterocycles. The summed E-state index contributed by atoms with van der Waals surface area (Å²) in [5.74, 6) is 1.54. The molecule has 0 fully saturated rings. The Morgan fingerprint density at radius 1 is 0.630 bits per heavy atom. The van der Waals surface area contributed by atoms with Crippen molar-refractivity contribution in [2.24, 2.45) is 5.73 Å². The highest BCUT2D eigenvalue weighted by molar-refractivity contribution is 5.41. The summed E-state index contributed by atoms with van der Waals surface area (Å²) in [4.78, 5) is 0. The molecule has 0 bridgehead atoms. The van der Waals surface area contributed by atoms with Crippen LogP contribution in [0.3, 0.4) is 0 Å². The van der Waals surface area contributed by atoms with Gasteiger partial charge in [-0.05, 0) is 28.8 Å². The number of nitrogens with two attached hydrogens (primary N) is 1. The summed E-state index contributed by atoms with van der Waals surface area (Å²) in [5.41, 5.74) is 10.7. The topological polar surface area (TPSA) is 35.2 Å². The van der Waals surface area contributed by atoms with Gasteiger partial charge in [-0.25, -0.2) is 0 Å². The van der Waals surface area contributed by atoms with E-state index in [4.69, 9.17) is 10.5 Å². The molecule has 27 heavy (non-hydrogen) atoms. The van der Waals surface area contributed by atoms with E-state index in [0.29, 0.717) is 0 Å². The zero-order valence-electron chi connectivity index (χ0n) is 15.5. The fraction of sp³-hybridized carbons (Fsp3) is 0.200. The number of benzene rings is 3. The van der Waals surface area contributed by atoms with Crippen LogP contribution in [0.2, 0.25) is 0 Å². The lowest BCUT2D eigenvalue weighted by molar-refractivity contribution is 0.412. The molecule has 4 rings (SSSR count). The standard InChI is InChI=1S/C25H25NO/c1-27-21-14-12-20(13-15-21)24-22(18-8-4-2-5-9-18)16-17-23(25(24)26)19-10-6-3-7-11-19/h2-17,22-25H,26H2,1H3/t22-,23+,24+,25+/m0/s1. The fourth-order valence-electron chi connectivity index (χ4n) is 4.21. The van der Waals surface area contributed by atoms with Gasteiger partial charge in [0, 0.05) is 23.8 Å². The Morgan fingerprint density at radius 3 is 1.70 bits per heavy atom. The first-order valence-corrected chi connectivity index (χ1v) is 9.45. The molecule has 0 saturated heterocycles. The van der Waals surface area contributed by atoms with Gasteiger partial charge in [-0.15, -0.1) is 0 Å². The molecule has 3 aromatic carbocycles. The second-order valence-corrected chi connectivity index (χ2v) is 7.13. The third-order valence-electron chi connectivity index (χ3n) is 5.61. The van der Waals surface area contributed by atoms with E-state index in [1.54, 1.807) is 7.11 Å². The zero-order valence-corrected chi connectivity index (χ0v) is 15.5. The van der Waals surface area contributed by atoms with Gasteiger partial charge in [0.2, 0.25) is 0 Å². The summed E-state index contributed by atoms with van der Waals surface area (Å²) in [6, 6.07) is 29.6. The maximum atomic E-state index is 6.90. The van der Waals surface area contributed by atoms with Crippen LogP contribution in [-0.4, -0.2) is 13.2 Å². The molecule has 2 N–H and O–H groups in total. The second kappa shape index (κ2) is 7.81. The molecular weight excluding hydrogens is 330 g/mol. The van der Waals surface area contributed by atoms with Crippen molar-refractivity contribution in [3.8, 4) is 5.75 Å². The maximum absolute atomic E-state index is 6.90. The van der Waals surface area contributed by atoms with Crippen LogP contribution in [0.15, 0.2) is 97.1 Å². The van der Waals surface area contributed by atoms with E-state index in [9.17, 15) is 0 Å². The Bertz CT molecular complexity index is 887. The van der Waals surface area contributed by atoms with Gasteiger partial charge in [0.05, 0.1) is 7.11 Å². The number of allylic oxidation sites excluding steroid dienone is 1. The highest BCUT2D eigenvalue weighted by Gasteiger charge is 2.36. The Labute approximate surface area is 161 Å². The van der Waals surface area contributed by atoms with Gasteiger partial charge >= 0.3 is 0 Å². The number of hydrogen-bond acceptors (Lipinski definition) is 2. The summed E-state index contributed by atoms with van der Waals surface area (Å²) in [7, 11) is 1.70. The van der Waals surface area contributed by atoms with Crippen molar-refractivity contribution in [1.29, 1.82) is 0 Å². The first-order valence-electron chi connectivity index (χ1n) is 9.45. The Balaban J connectivity index is 1.77. The molecule has 4 atom stereocenters. The van der Waals surface area contributed by atoms with Crippen LogP contribution >= 0.6 is 0 Å². The van der Waals surface area contributed by atoms with Crippen molar-refractivity contribution in [2.75, 3.05) is 7.11 Å². The lowest BCUT2D eigenvalue weighted by Gasteiger charge is -2.38. The maximum Gasteiger partial charge on any atom is 0.118 e. The van der Waals surface area contributed by atoms with E-state index in [-0.39, 0.29) is 23.8 Å². The molecule has 3 aromatic rings. The molecule has 1 aliphatic carbocycles. The number of hydrogen-bond donors (Lipinski definition) is 1. The number of ether oxygens (including phenoxy) is 1. The smallest absolute Gasteiger partial charge is 0.118 e. The van der Waals surface area contributed by atoms with E-state index < -0.39 is 0 Å². The van der Waals surface area contributed by atoms with Gasteiger partial charge in [-0.1, -0.05) is 84.9 Å². The first-order chi connectivity index (χ1) is 13.3. The first kappa shape index (κ1) is 17.6. The van der Waals surface area contributed by atoms with Gasteiger partial charge in [-0.3, -0.25) is 0 Å². The monoisotopic (exact) mass is 355 g/mol. The van der Waals surface area contributed by atoms with E-state index in [0.717, 1.165) is 5.75 Å². The van der Waals surface area contributed by atoms with Crippen molar-refractivity contribution in [3.63, 3.8) is 0 Å². The van der Waals surface area contributed by atoms with Crippen molar-refractivity contribution in [2.45, 2.75) is 23.8 Å². The quantitative estimate of drug-likeness (QED) is 0.649. The summed E-state index contributed by atoms with van der Waals surface area (Å²) in [5, 5.41) is 0. The molecule has 2 heteroatoms. The molecule has 0 saturated carbocycles. The predicted octanol–water partition coefficient (Wildman–Crippen LogP) is 5.24. The van der Waals surface area contributed by atoms with Crippen molar-refractivity contribution in [3.05, 3.63) is 114 Å². The molecular formula is C25H25NO. The zero-order chi connectivity index (χ0) is 18.6.